The van der Waals surface area contributed by atoms with E-state index in [1.165, 1.54) is 30.5 Å². The third kappa shape index (κ3) is 2.67. The number of carboxylic acids is 1. The molecule has 1 saturated carbocycles. The predicted molar refractivity (Wildman–Crippen MR) is 97.1 cm³/mol. The minimum absolute atomic E-state index is 0.391. The van der Waals surface area contributed by atoms with Gasteiger partial charge in [-0.15, -0.1) is 0 Å². The second-order valence-electron chi connectivity index (χ2n) is 7.57. The fourth-order valence-corrected chi connectivity index (χ4v) is 4.13. The van der Waals surface area contributed by atoms with Crippen LogP contribution in [0, 0.1) is 13.8 Å². The number of nitrogens with zero attached hydrogens (tertiary/aromatic N) is 2. The van der Waals surface area contributed by atoms with E-state index in [0.717, 1.165) is 47.7 Å². The molecule has 0 radical (unpaired) electrons. The average molecular weight is 339 g/mol. The second-order valence-corrected chi connectivity index (χ2v) is 7.57. The van der Waals surface area contributed by atoms with Crippen LogP contribution in [-0.4, -0.2) is 39.5 Å². The maximum atomic E-state index is 11.7. The number of aromatic carboxylic acids is 1. The molecular weight excluding hydrogens is 314 g/mol. The zero-order valence-corrected chi connectivity index (χ0v) is 15.1. The zero-order chi connectivity index (χ0) is 17.7. The molecule has 2 aromatic rings. The van der Waals surface area contributed by atoms with Crippen LogP contribution in [0.3, 0.4) is 0 Å². The number of aromatic nitrogens is 2. The molecular formula is C20H25N3O2. The Balaban J connectivity index is 1.89. The Morgan fingerprint density at radius 2 is 2.08 bits per heavy atom. The maximum absolute atomic E-state index is 11.7. The lowest BCUT2D eigenvalue weighted by Crippen LogP contribution is -2.26. The summed E-state index contributed by atoms with van der Waals surface area (Å²) in [6.45, 7) is 5.88. The van der Waals surface area contributed by atoms with Crippen molar-refractivity contribution in [2.75, 3.05) is 13.6 Å². The summed E-state index contributed by atoms with van der Waals surface area (Å²) < 4.78 is 0. The lowest BCUT2D eigenvalue weighted by Gasteiger charge is -2.30. The summed E-state index contributed by atoms with van der Waals surface area (Å²) in [5, 5.41) is 9.62. The zero-order valence-electron chi connectivity index (χ0n) is 15.1. The number of H-pyrrole nitrogens is 1. The largest absolute Gasteiger partial charge is 0.478 e. The van der Waals surface area contributed by atoms with Crippen molar-refractivity contribution in [1.29, 1.82) is 0 Å². The SMILES string of the molecule is Cc1c(C(=O)O)cc(-c2nc3c([nH]2)CN(C)CC3)c(C2CCC2)c1C. The number of aromatic amines is 1. The van der Waals surface area contributed by atoms with Crippen LogP contribution in [0.4, 0.5) is 0 Å². The van der Waals surface area contributed by atoms with Crippen LogP contribution >= 0.6 is 0 Å². The highest BCUT2D eigenvalue weighted by Gasteiger charge is 2.29. The number of carbonyl (C=O) groups is 1. The van der Waals surface area contributed by atoms with E-state index in [0.29, 0.717) is 11.5 Å². The van der Waals surface area contributed by atoms with E-state index in [1.54, 1.807) is 0 Å². The molecule has 1 aromatic carbocycles. The number of benzene rings is 1. The molecule has 1 aromatic heterocycles. The van der Waals surface area contributed by atoms with Crippen molar-refractivity contribution in [2.45, 2.75) is 52.0 Å². The van der Waals surface area contributed by atoms with Crippen LogP contribution in [0.25, 0.3) is 11.4 Å². The van der Waals surface area contributed by atoms with Crippen molar-refractivity contribution in [2.24, 2.45) is 0 Å². The van der Waals surface area contributed by atoms with Crippen molar-refractivity contribution in [1.82, 2.24) is 14.9 Å². The van der Waals surface area contributed by atoms with Gasteiger partial charge in [-0.05, 0) is 62.4 Å². The lowest BCUT2D eigenvalue weighted by molar-refractivity contribution is 0.0696. The summed E-state index contributed by atoms with van der Waals surface area (Å²) in [5.74, 6) is 0.507. The number of hydrogen-bond donors (Lipinski definition) is 2. The van der Waals surface area contributed by atoms with E-state index >= 15 is 0 Å². The molecule has 1 aliphatic carbocycles. The number of rotatable bonds is 3. The van der Waals surface area contributed by atoms with Crippen LogP contribution < -0.4 is 0 Å². The van der Waals surface area contributed by atoms with Gasteiger partial charge in [0.25, 0.3) is 0 Å². The van der Waals surface area contributed by atoms with Crippen molar-refractivity contribution in [3.8, 4) is 11.4 Å². The number of fused-ring (bicyclic) bond motifs is 1. The number of likely N-dealkylation sites (N-methyl/N-ethyl adjacent to an activating group) is 1. The van der Waals surface area contributed by atoms with E-state index in [2.05, 4.69) is 23.9 Å². The first kappa shape index (κ1) is 16.3. The van der Waals surface area contributed by atoms with Gasteiger partial charge in [0.1, 0.15) is 5.82 Å². The molecule has 0 amide bonds. The number of hydrogen-bond acceptors (Lipinski definition) is 3. The molecule has 2 heterocycles. The number of carboxylic acid groups (broad SMARTS) is 1. The van der Waals surface area contributed by atoms with Gasteiger partial charge < -0.3 is 15.0 Å². The smallest absolute Gasteiger partial charge is 0.335 e. The predicted octanol–water partition coefficient (Wildman–Crippen LogP) is 3.65. The van der Waals surface area contributed by atoms with Crippen LogP contribution in [0.2, 0.25) is 0 Å². The Morgan fingerprint density at radius 1 is 1.32 bits per heavy atom. The van der Waals surface area contributed by atoms with Gasteiger partial charge in [0.15, 0.2) is 0 Å². The van der Waals surface area contributed by atoms with Gasteiger partial charge >= 0.3 is 5.97 Å². The Morgan fingerprint density at radius 3 is 2.72 bits per heavy atom. The Bertz CT molecular complexity index is 849. The van der Waals surface area contributed by atoms with E-state index < -0.39 is 5.97 Å². The first-order chi connectivity index (χ1) is 12.0. The topological polar surface area (TPSA) is 69.2 Å². The van der Waals surface area contributed by atoms with Gasteiger partial charge in [-0.25, -0.2) is 9.78 Å². The molecule has 25 heavy (non-hydrogen) atoms. The molecule has 2 aliphatic rings. The van der Waals surface area contributed by atoms with Crippen LogP contribution in [0.5, 0.6) is 0 Å². The normalized spacial score (nSPS) is 18.0. The summed E-state index contributed by atoms with van der Waals surface area (Å²) in [4.78, 5) is 22.3. The quantitative estimate of drug-likeness (QED) is 0.895. The minimum atomic E-state index is -0.863. The lowest BCUT2D eigenvalue weighted by atomic mass is 9.74. The van der Waals surface area contributed by atoms with Crippen molar-refractivity contribution in [3.05, 3.63) is 39.7 Å². The Hall–Kier alpha value is -2.14. The van der Waals surface area contributed by atoms with Crippen LogP contribution in [-0.2, 0) is 13.0 Å². The standard InChI is InChI=1S/C20H25N3O2/c1-11-12(2)18(13-5-4-6-13)15(9-14(11)20(24)25)19-21-16-7-8-23(3)10-17(16)22-19/h9,13H,4-8,10H2,1-3H3,(H,21,22)(H,24,25). The van der Waals surface area contributed by atoms with Gasteiger partial charge in [-0.2, -0.15) is 0 Å². The van der Waals surface area contributed by atoms with E-state index in [1.807, 2.05) is 13.0 Å². The maximum Gasteiger partial charge on any atom is 0.335 e. The summed E-state index contributed by atoms with van der Waals surface area (Å²) in [5.41, 5.74) is 6.97. The minimum Gasteiger partial charge on any atom is -0.478 e. The van der Waals surface area contributed by atoms with Gasteiger partial charge in [0, 0.05) is 25.1 Å². The molecule has 5 heteroatoms. The molecule has 0 bridgehead atoms. The average Bonchev–Trinajstić information content (AvgIpc) is 2.92. The van der Waals surface area contributed by atoms with Gasteiger partial charge in [0.05, 0.1) is 17.0 Å². The Kier molecular flexibility index (Phi) is 3.91. The van der Waals surface area contributed by atoms with Gasteiger partial charge in [-0.1, -0.05) is 6.42 Å². The van der Waals surface area contributed by atoms with E-state index in [9.17, 15) is 9.90 Å². The summed E-state index contributed by atoms with van der Waals surface area (Å²) in [6.07, 6.45) is 4.56. The molecule has 1 aliphatic heterocycles. The molecule has 132 valence electrons. The van der Waals surface area contributed by atoms with Crippen molar-refractivity contribution in [3.63, 3.8) is 0 Å². The molecule has 0 spiro atoms. The number of nitrogens with one attached hydrogen (secondary N) is 1. The number of imidazole rings is 1. The summed E-state index contributed by atoms with van der Waals surface area (Å²) in [7, 11) is 2.11. The highest BCUT2D eigenvalue weighted by molar-refractivity contribution is 5.92. The summed E-state index contributed by atoms with van der Waals surface area (Å²) in [6, 6.07) is 1.84. The fourth-order valence-electron chi connectivity index (χ4n) is 4.13. The fraction of sp³-hybridized carbons (Fsp3) is 0.500. The molecule has 2 N–H and O–H groups in total. The third-order valence-electron chi connectivity index (χ3n) is 5.97. The first-order valence-electron chi connectivity index (χ1n) is 9.09. The van der Waals surface area contributed by atoms with Crippen molar-refractivity contribution >= 4 is 5.97 Å². The molecule has 0 atom stereocenters. The van der Waals surface area contributed by atoms with Crippen molar-refractivity contribution < 1.29 is 9.90 Å². The van der Waals surface area contributed by atoms with E-state index in [-0.39, 0.29) is 0 Å². The third-order valence-corrected chi connectivity index (χ3v) is 5.97. The summed E-state index contributed by atoms with van der Waals surface area (Å²) >= 11 is 0. The monoisotopic (exact) mass is 339 g/mol. The highest BCUT2D eigenvalue weighted by atomic mass is 16.4. The molecule has 5 nitrogen and oxygen atoms in total. The van der Waals surface area contributed by atoms with Gasteiger partial charge in [-0.3, -0.25) is 0 Å². The highest BCUT2D eigenvalue weighted by Crippen LogP contribution is 2.44. The molecule has 4 rings (SSSR count). The Labute approximate surface area is 148 Å². The molecule has 0 saturated heterocycles. The second kappa shape index (κ2) is 5.99. The van der Waals surface area contributed by atoms with Crippen LogP contribution in [0.1, 0.15) is 63.6 Å². The molecule has 0 unspecified atom stereocenters. The van der Waals surface area contributed by atoms with E-state index in [4.69, 9.17) is 4.98 Å². The molecule has 1 fully saturated rings. The van der Waals surface area contributed by atoms with Crippen LogP contribution in [0.15, 0.2) is 6.07 Å². The first-order valence-corrected chi connectivity index (χ1v) is 9.09. The van der Waals surface area contributed by atoms with Gasteiger partial charge in [0.2, 0.25) is 0 Å².